The fourth-order valence-corrected chi connectivity index (χ4v) is 3.28. The van der Waals surface area contributed by atoms with Crippen LogP contribution in [0.25, 0.3) is 0 Å². The highest BCUT2D eigenvalue weighted by molar-refractivity contribution is 6.36. The molecule has 0 aromatic heterocycles. The summed E-state index contributed by atoms with van der Waals surface area (Å²) in [6, 6.07) is 9.83. The number of hydrogen-bond donors (Lipinski definition) is 1. The van der Waals surface area contributed by atoms with Crippen molar-refractivity contribution < 1.29 is 14.3 Å². The molecule has 2 aromatic rings. The standard InChI is InChI=1S/C21H20Cl2N2O3/c1-4-9-25-17-11-14(6-8-18(17)28-12-21(2,3)20(25)27)24-19(26)15-10-13(22)5-7-16(15)23/h4-8,10-11H,1,9,12H2,2-3H3,(H,24,26). The van der Waals surface area contributed by atoms with E-state index in [0.29, 0.717) is 33.7 Å². The summed E-state index contributed by atoms with van der Waals surface area (Å²) in [4.78, 5) is 27.2. The number of rotatable bonds is 4. The monoisotopic (exact) mass is 418 g/mol. The molecule has 1 N–H and O–H groups in total. The second-order valence-electron chi connectivity index (χ2n) is 7.14. The molecule has 1 heterocycles. The van der Waals surface area contributed by atoms with Crippen molar-refractivity contribution in [3.05, 3.63) is 64.7 Å². The van der Waals surface area contributed by atoms with Crippen molar-refractivity contribution in [1.29, 1.82) is 0 Å². The maximum atomic E-state index is 12.9. The molecule has 0 saturated heterocycles. The molecule has 3 rings (SSSR count). The van der Waals surface area contributed by atoms with Gasteiger partial charge in [0, 0.05) is 17.3 Å². The highest BCUT2D eigenvalue weighted by Gasteiger charge is 2.37. The van der Waals surface area contributed by atoms with Crippen LogP contribution in [0.15, 0.2) is 49.1 Å². The first-order valence-electron chi connectivity index (χ1n) is 8.69. The van der Waals surface area contributed by atoms with Crippen LogP contribution < -0.4 is 15.0 Å². The molecule has 0 atom stereocenters. The Morgan fingerprint density at radius 2 is 2.04 bits per heavy atom. The van der Waals surface area contributed by atoms with Crippen LogP contribution in [0, 0.1) is 5.41 Å². The summed E-state index contributed by atoms with van der Waals surface area (Å²) < 4.78 is 5.84. The molecule has 7 heteroatoms. The van der Waals surface area contributed by atoms with Gasteiger partial charge >= 0.3 is 0 Å². The minimum absolute atomic E-state index is 0.0764. The van der Waals surface area contributed by atoms with Crippen molar-refractivity contribution in [3.63, 3.8) is 0 Å². The lowest BCUT2D eigenvalue weighted by Gasteiger charge is -2.27. The third-order valence-corrected chi connectivity index (χ3v) is 4.97. The first-order chi connectivity index (χ1) is 13.2. The Morgan fingerprint density at radius 3 is 2.75 bits per heavy atom. The number of anilines is 2. The zero-order valence-electron chi connectivity index (χ0n) is 15.6. The van der Waals surface area contributed by atoms with Gasteiger partial charge in [-0.2, -0.15) is 0 Å². The number of nitrogens with zero attached hydrogens (tertiary/aromatic N) is 1. The molecule has 0 spiro atoms. The number of carbonyl (C=O) groups excluding carboxylic acids is 2. The van der Waals surface area contributed by atoms with Gasteiger partial charge in [0.05, 0.1) is 21.7 Å². The van der Waals surface area contributed by atoms with E-state index in [-0.39, 0.29) is 18.1 Å². The van der Waals surface area contributed by atoms with Crippen molar-refractivity contribution in [2.45, 2.75) is 13.8 Å². The summed E-state index contributed by atoms with van der Waals surface area (Å²) in [6.07, 6.45) is 1.65. The molecule has 0 saturated carbocycles. The van der Waals surface area contributed by atoms with Crippen LogP contribution >= 0.6 is 23.2 Å². The molecule has 0 aliphatic carbocycles. The zero-order chi connectivity index (χ0) is 20.5. The number of ether oxygens (including phenoxy) is 1. The maximum absolute atomic E-state index is 12.9. The maximum Gasteiger partial charge on any atom is 0.257 e. The molecule has 0 bridgehead atoms. The first kappa shape index (κ1) is 20.2. The van der Waals surface area contributed by atoms with Gasteiger partial charge in [-0.3, -0.25) is 9.59 Å². The van der Waals surface area contributed by atoms with Gasteiger partial charge in [-0.1, -0.05) is 29.3 Å². The van der Waals surface area contributed by atoms with Crippen molar-refractivity contribution in [2.24, 2.45) is 5.41 Å². The highest BCUT2D eigenvalue weighted by Crippen LogP contribution is 2.38. The van der Waals surface area contributed by atoms with Gasteiger partial charge in [-0.15, -0.1) is 6.58 Å². The van der Waals surface area contributed by atoms with Gasteiger partial charge in [0.25, 0.3) is 5.91 Å². The summed E-state index contributed by atoms with van der Waals surface area (Å²) in [5.41, 5.74) is 0.663. The number of nitrogens with one attached hydrogen (secondary N) is 1. The molecule has 0 fully saturated rings. The highest BCUT2D eigenvalue weighted by atomic mass is 35.5. The number of carbonyl (C=O) groups is 2. The van der Waals surface area contributed by atoms with Crippen LogP contribution in [-0.2, 0) is 4.79 Å². The number of hydrogen-bond acceptors (Lipinski definition) is 3. The first-order valence-corrected chi connectivity index (χ1v) is 9.44. The molecule has 146 valence electrons. The summed E-state index contributed by atoms with van der Waals surface area (Å²) in [6.45, 7) is 8.00. The van der Waals surface area contributed by atoms with Gasteiger partial charge in [-0.05, 0) is 50.2 Å². The fourth-order valence-electron chi connectivity index (χ4n) is 2.90. The van der Waals surface area contributed by atoms with Crippen molar-refractivity contribution in [2.75, 3.05) is 23.4 Å². The lowest BCUT2D eigenvalue weighted by molar-refractivity contribution is -0.127. The van der Waals surface area contributed by atoms with Crippen molar-refractivity contribution in [1.82, 2.24) is 0 Å². The number of halogens is 2. The second-order valence-corrected chi connectivity index (χ2v) is 7.98. The van der Waals surface area contributed by atoms with E-state index in [0.717, 1.165) is 0 Å². The Balaban J connectivity index is 1.95. The number of benzene rings is 2. The van der Waals surface area contributed by atoms with Crippen LogP contribution in [-0.4, -0.2) is 25.0 Å². The minimum Gasteiger partial charge on any atom is -0.490 e. The molecule has 28 heavy (non-hydrogen) atoms. The van der Waals surface area contributed by atoms with Crippen LogP contribution in [0.1, 0.15) is 24.2 Å². The third kappa shape index (κ3) is 4.01. The largest absolute Gasteiger partial charge is 0.490 e. The third-order valence-electron chi connectivity index (χ3n) is 4.40. The fraction of sp³-hybridized carbons (Fsp3) is 0.238. The smallest absolute Gasteiger partial charge is 0.257 e. The van der Waals surface area contributed by atoms with E-state index in [2.05, 4.69) is 11.9 Å². The lowest BCUT2D eigenvalue weighted by Crippen LogP contribution is -2.42. The minimum atomic E-state index is -0.681. The topological polar surface area (TPSA) is 58.6 Å². The second kappa shape index (κ2) is 7.86. The molecule has 1 aliphatic heterocycles. The number of amides is 2. The van der Waals surface area contributed by atoms with E-state index in [4.69, 9.17) is 27.9 Å². The molecule has 1 aliphatic rings. The van der Waals surface area contributed by atoms with Gasteiger partial charge in [0.2, 0.25) is 5.91 Å². The average molecular weight is 419 g/mol. The predicted octanol–water partition coefficient (Wildman–Crippen LogP) is 5.18. The van der Waals surface area contributed by atoms with Crippen LogP contribution in [0.5, 0.6) is 5.75 Å². The van der Waals surface area contributed by atoms with Crippen LogP contribution in [0.2, 0.25) is 10.0 Å². The van der Waals surface area contributed by atoms with E-state index in [9.17, 15) is 9.59 Å². The van der Waals surface area contributed by atoms with Crippen LogP contribution in [0.4, 0.5) is 11.4 Å². The van der Waals surface area contributed by atoms with Crippen molar-refractivity contribution in [3.8, 4) is 5.75 Å². The SMILES string of the molecule is C=CCN1C(=O)C(C)(C)COc2ccc(NC(=O)c3cc(Cl)ccc3Cl)cc21. The molecular weight excluding hydrogens is 399 g/mol. The molecular formula is C21H20Cl2N2O3. The van der Waals surface area contributed by atoms with E-state index in [1.54, 1.807) is 41.3 Å². The quantitative estimate of drug-likeness (QED) is 0.695. The van der Waals surface area contributed by atoms with E-state index < -0.39 is 11.3 Å². The predicted molar refractivity (Wildman–Crippen MR) is 113 cm³/mol. The van der Waals surface area contributed by atoms with Gasteiger partial charge in [0.1, 0.15) is 12.4 Å². The molecule has 5 nitrogen and oxygen atoms in total. The Labute approximate surface area is 173 Å². The summed E-state index contributed by atoms with van der Waals surface area (Å²) in [5.74, 6) is 0.0935. The molecule has 2 aromatic carbocycles. The number of fused-ring (bicyclic) bond motifs is 1. The zero-order valence-corrected chi connectivity index (χ0v) is 17.1. The van der Waals surface area contributed by atoms with E-state index >= 15 is 0 Å². The Hall–Kier alpha value is -2.50. The summed E-state index contributed by atoms with van der Waals surface area (Å²) >= 11 is 12.1. The van der Waals surface area contributed by atoms with E-state index in [1.807, 2.05) is 13.8 Å². The van der Waals surface area contributed by atoms with E-state index in [1.165, 1.54) is 6.07 Å². The Kier molecular flexibility index (Phi) is 5.68. The Morgan fingerprint density at radius 1 is 1.29 bits per heavy atom. The van der Waals surface area contributed by atoms with Crippen LogP contribution in [0.3, 0.4) is 0 Å². The molecule has 0 unspecified atom stereocenters. The van der Waals surface area contributed by atoms with Gasteiger partial charge < -0.3 is 15.0 Å². The van der Waals surface area contributed by atoms with Gasteiger partial charge in [-0.25, -0.2) is 0 Å². The summed E-state index contributed by atoms with van der Waals surface area (Å²) in [7, 11) is 0. The summed E-state index contributed by atoms with van der Waals surface area (Å²) in [5, 5.41) is 3.50. The molecule has 0 radical (unpaired) electrons. The van der Waals surface area contributed by atoms with Gasteiger partial charge in [0.15, 0.2) is 0 Å². The Bertz CT molecular complexity index is 957. The average Bonchev–Trinajstić information content (AvgIpc) is 2.74. The lowest BCUT2D eigenvalue weighted by atomic mass is 9.93. The normalized spacial score (nSPS) is 15.3. The molecule has 2 amide bonds. The van der Waals surface area contributed by atoms with Crippen molar-refractivity contribution >= 4 is 46.4 Å².